The molecule has 3 aromatic rings. The monoisotopic (exact) mass is 439 g/mol. The van der Waals surface area contributed by atoms with Crippen molar-refractivity contribution in [3.8, 4) is 0 Å². The lowest BCUT2D eigenvalue weighted by molar-refractivity contribution is -0.131. The number of likely N-dealkylation sites (tertiary alicyclic amines) is 1. The van der Waals surface area contributed by atoms with E-state index in [9.17, 15) is 18.4 Å². The molecule has 1 aromatic heterocycles. The van der Waals surface area contributed by atoms with Crippen LogP contribution in [0, 0.1) is 5.82 Å². The molecule has 1 aliphatic rings. The molecular formula is C23H23F2N5O2. The lowest BCUT2D eigenvalue weighted by atomic mass is 10.1. The fraction of sp³-hybridized carbons (Fsp3) is 0.304. The maximum absolute atomic E-state index is 14.1. The van der Waals surface area contributed by atoms with E-state index in [1.54, 1.807) is 18.2 Å². The highest BCUT2D eigenvalue weighted by Gasteiger charge is 2.36. The predicted molar refractivity (Wildman–Crippen MR) is 113 cm³/mol. The Bertz CT molecular complexity index is 1090. The van der Waals surface area contributed by atoms with Gasteiger partial charge in [0.05, 0.1) is 31.7 Å². The Morgan fingerprint density at radius 1 is 1.09 bits per heavy atom. The molecule has 2 heterocycles. The van der Waals surface area contributed by atoms with Crippen LogP contribution in [0.1, 0.15) is 28.0 Å². The summed E-state index contributed by atoms with van der Waals surface area (Å²) in [7, 11) is 0. The number of aromatic nitrogens is 3. The molecule has 2 atom stereocenters. The molecule has 9 heteroatoms. The Morgan fingerprint density at radius 2 is 1.84 bits per heavy atom. The molecule has 0 aliphatic carbocycles. The van der Waals surface area contributed by atoms with E-state index < -0.39 is 18.0 Å². The fourth-order valence-electron chi connectivity index (χ4n) is 3.82. The lowest BCUT2D eigenvalue weighted by Crippen LogP contribution is -2.39. The summed E-state index contributed by atoms with van der Waals surface area (Å²) < 4.78 is 29.5. The molecule has 0 spiro atoms. The van der Waals surface area contributed by atoms with Crippen molar-refractivity contribution in [1.29, 1.82) is 0 Å². The van der Waals surface area contributed by atoms with Crippen molar-refractivity contribution < 1.29 is 18.4 Å². The smallest absolute Gasteiger partial charge is 0.273 e. The Hall–Kier alpha value is -3.62. The van der Waals surface area contributed by atoms with Crippen molar-refractivity contribution in [2.45, 2.75) is 38.1 Å². The van der Waals surface area contributed by atoms with Crippen LogP contribution in [0.4, 0.5) is 8.78 Å². The number of carbonyl (C=O) groups excluding carboxylic acids is 2. The molecule has 1 N–H and O–H groups in total. The standard InChI is InChI=1S/C23H23F2N5O2/c24-18-11-19(30(13-18)22(31)10-17-8-4-5-9-20(17)25)14-29-15-21(27-28-29)23(32)26-12-16-6-2-1-3-7-16/h1-9,15,18-19H,10-14H2,(H,26,32). The van der Waals surface area contributed by atoms with E-state index in [1.807, 2.05) is 30.3 Å². The molecular weight excluding hydrogens is 416 g/mol. The summed E-state index contributed by atoms with van der Waals surface area (Å²) in [5.74, 6) is -1.18. The van der Waals surface area contributed by atoms with Gasteiger partial charge in [-0.2, -0.15) is 0 Å². The van der Waals surface area contributed by atoms with Gasteiger partial charge in [0.1, 0.15) is 12.0 Å². The molecule has 1 fully saturated rings. The summed E-state index contributed by atoms with van der Waals surface area (Å²) in [6.07, 6.45) is 0.325. The molecule has 166 valence electrons. The van der Waals surface area contributed by atoms with Gasteiger partial charge in [-0.25, -0.2) is 13.5 Å². The highest BCUT2D eigenvalue weighted by Crippen LogP contribution is 2.23. The molecule has 4 rings (SSSR count). The van der Waals surface area contributed by atoms with E-state index >= 15 is 0 Å². The second kappa shape index (κ2) is 9.67. The number of halogens is 2. The summed E-state index contributed by atoms with van der Waals surface area (Å²) in [5.41, 5.74) is 1.37. The average molecular weight is 439 g/mol. The van der Waals surface area contributed by atoms with E-state index in [4.69, 9.17) is 0 Å². The SMILES string of the molecule is O=C(NCc1ccccc1)c1cn(CC2CC(F)CN2C(=O)Cc2ccccc2F)nn1. The quantitative estimate of drug-likeness (QED) is 0.614. The zero-order valence-electron chi connectivity index (χ0n) is 17.3. The van der Waals surface area contributed by atoms with Crippen LogP contribution in [0.25, 0.3) is 0 Å². The number of hydrogen-bond donors (Lipinski definition) is 1. The third-order valence-corrected chi connectivity index (χ3v) is 5.45. The van der Waals surface area contributed by atoms with E-state index in [0.717, 1.165) is 5.56 Å². The number of carbonyl (C=O) groups is 2. The zero-order chi connectivity index (χ0) is 22.5. The molecule has 0 bridgehead atoms. The molecule has 7 nitrogen and oxygen atoms in total. The number of amides is 2. The molecule has 32 heavy (non-hydrogen) atoms. The second-order valence-corrected chi connectivity index (χ2v) is 7.80. The molecule has 2 amide bonds. The maximum Gasteiger partial charge on any atom is 0.273 e. The molecule has 0 saturated carbocycles. The zero-order valence-corrected chi connectivity index (χ0v) is 17.3. The Kier molecular flexibility index (Phi) is 6.53. The van der Waals surface area contributed by atoms with Crippen molar-refractivity contribution >= 4 is 11.8 Å². The third kappa shape index (κ3) is 5.16. The normalized spacial score (nSPS) is 18.0. The van der Waals surface area contributed by atoms with Gasteiger partial charge in [-0.05, 0) is 17.2 Å². The third-order valence-electron chi connectivity index (χ3n) is 5.45. The van der Waals surface area contributed by atoms with Gasteiger partial charge in [0.25, 0.3) is 5.91 Å². The van der Waals surface area contributed by atoms with Crippen LogP contribution >= 0.6 is 0 Å². The summed E-state index contributed by atoms with van der Waals surface area (Å²) in [6.45, 7) is 0.510. The minimum Gasteiger partial charge on any atom is -0.347 e. The van der Waals surface area contributed by atoms with Gasteiger partial charge in [-0.3, -0.25) is 9.59 Å². The first-order chi connectivity index (χ1) is 15.5. The van der Waals surface area contributed by atoms with Crippen LogP contribution in [0.2, 0.25) is 0 Å². The van der Waals surface area contributed by atoms with Crippen molar-refractivity contribution in [1.82, 2.24) is 25.2 Å². The van der Waals surface area contributed by atoms with E-state index in [0.29, 0.717) is 6.54 Å². The number of rotatable bonds is 7. The number of alkyl halides is 1. The van der Waals surface area contributed by atoms with Crippen LogP contribution in [-0.2, 0) is 24.3 Å². The highest BCUT2D eigenvalue weighted by molar-refractivity contribution is 5.91. The molecule has 1 aliphatic heterocycles. The Labute approximate surface area is 184 Å². The van der Waals surface area contributed by atoms with Gasteiger partial charge in [0, 0.05) is 13.0 Å². The van der Waals surface area contributed by atoms with Gasteiger partial charge in [0.15, 0.2) is 5.69 Å². The van der Waals surface area contributed by atoms with Gasteiger partial charge in [0.2, 0.25) is 5.91 Å². The number of benzene rings is 2. The number of nitrogens with zero attached hydrogens (tertiary/aromatic N) is 4. The minimum absolute atomic E-state index is 0.0446. The lowest BCUT2D eigenvalue weighted by Gasteiger charge is -2.24. The van der Waals surface area contributed by atoms with Gasteiger partial charge in [-0.1, -0.05) is 53.7 Å². The second-order valence-electron chi connectivity index (χ2n) is 7.80. The predicted octanol–water partition coefficient (Wildman–Crippen LogP) is 2.53. The Balaban J connectivity index is 1.37. The summed E-state index contributed by atoms with van der Waals surface area (Å²) >= 11 is 0. The first-order valence-electron chi connectivity index (χ1n) is 10.4. The highest BCUT2D eigenvalue weighted by atomic mass is 19.1. The van der Waals surface area contributed by atoms with Crippen LogP contribution < -0.4 is 5.32 Å². The van der Waals surface area contributed by atoms with Crippen molar-refractivity contribution in [3.05, 3.63) is 83.4 Å². The van der Waals surface area contributed by atoms with Crippen LogP contribution in [0.3, 0.4) is 0 Å². The fourth-order valence-corrected chi connectivity index (χ4v) is 3.82. The molecule has 2 unspecified atom stereocenters. The summed E-state index contributed by atoms with van der Waals surface area (Å²) in [4.78, 5) is 26.5. The largest absolute Gasteiger partial charge is 0.347 e. The van der Waals surface area contributed by atoms with Crippen LogP contribution in [0.15, 0.2) is 60.8 Å². The topological polar surface area (TPSA) is 80.1 Å². The van der Waals surface area contributed by atoms with Crippen molar-refractivity contribution in [2.24, 2.45) is 0 Å². The van der Waals surface area contributed by atoms with Crippen LogP contribution in [-0.4, -0.2) is 50.5 Å². The average Bonchev–Trinajstić information content (AvgIpc) is 3.41. The first kappa shape index (κ1) is 21.6. The summed E-state index contributed by atoms with van der Waals surface area (Å²) in [6, 6.07) is 15.1. The summed E-state index contributed by atoms with van der Waals surface area (Å²) in [5, 5.41) is 10.6. The van der Waals surface area contributed by atoms with Gasteiger partial charge < -0.3 is 10.2 Å². The minimum atomic E-state index is -1.17. The molecule has 2 aromatic carbocycles. The van der Waals surface area contributed by atoms with E-state index in [2.05, 4.69) is 15.6 Å². The van der Waals surface area contributed by atoms with E-state index in [-0.39, 0.29) is 49.0 Å². The molecule has 1 saturated heterocycles. The Morgan fingerprint density at radius 3 is 2.62 bits per heavy atom. The molecule has 0 radical (unpaired) electrons. The van der Waals surface area contributed by atoms with Gasteiger partial charge in [-0.15, -0.1) is 5.10 Å². The maximum atomic E-state index is 14.1. The van der Waals surface area contributed by atoms with Crippen molar-refractivity contribution in [3.63, 3.8) is 0 Å². The number of nitrogens with one attached hydrogen (secondary N) is 1. The first-order valence-corrected chi connectivity index (χ1v) is 10.4. The van der Waals surface area contributed by atoms with Crippen LogP contribution in [0.5, 0.6) is 0 Å². The van der Waals surface area contributed by atoms with E-state index in [1.165, 1.54) is 21.8 Å². The van der Waals surface area contributed by atoms with Crippen molar-refractivity contribution in [2.75, 3.05) is 6.54 Å². The number of hydrogen-bond acceptors (Lipinski definition) is 4. The van der Waals surface area contributed by atoms with Gasteiger partial charge >= 0.3 is 0 Å².